The number of benzene rings is 1. The molecule has 0 bridgehead atoms. The number of fused-ring (bicyclic) bond motifs is 1. The molecule has 0 spiro atoms. The Bertz CT molecular complexity index is 473. The maximum Gasteiger partial charge on any atom is 0.371 e. The van der Waals surface area contributed by atoms with E-state index in [4.69, 9.17) is 9.52 Å². The molecule has 4 heteroatoms. The van der Waals surface area contributed by atoms with Gasteiger partial charge < -0.3 is 9.52 Å². The summed E-state index contributed by atoms with van der Waals surface area (Å²) in [5.74, 6) is -1.05. The highest BCUT2D eigenvalue weighted by Crippen LogP contribution is 2.21. The summed E-state index contributed by atoms with van der Waals surface area (Å²) in [6, 6.07) is 7.05. The van der Waals surface area contributed by atoms with Crippen LogP contribution in [-0.4, -0.2) is 11.1 Å². The Hall–Kier alpha value is -1.04. The van der Waals surface area contributed by atoms with Gasteiger partial charge in [-0.3, -0.25) is 0 Å². The lowest BCUT2D eigenvalue weighted by atomic mass is 10.2. The summed E-state index contributed by atoms with van der Waals surface area (Å²) < 4.78 is 6.14. The van der Waals surface area contributed by atoms with E-state index in [9.17, 15) is 4.79 Å². The van der Waals surface area contributed by atoms with Crippen molar-refractivity contribution in [1.82, 2.24) is 0 Å². The molecule has 3 nitrogen and oxygen atoms in total. The molecular weight excluding hydrogens is 283 g/mol. The number of furan rings is 1. The SMILES string of the molecule is O=C(O)c1cc2cc(I)ccc2o1. The smallest absolute Gasteiger partial charge is 0.371 e. The largest absolute Gasteiger partial charge is 0.475 e. The van der Waals surface area contributed by atoms with E-state index >= 15 is 0 Å². The second kappa shape index (κ2) is 3.02. The summed E-state index contributed by atoms with van der Waals surface area (Å²) >= 11 is 2.17. The third-order valence-electron chi connectivity index (χ3n) is 1.69. The molecule has 0 aliphatic rings. The van der Waals surface area contributed by atoms with Crippen molar-refractivity contribution < 1.29 is 14.3 Å². The molecule has 66 valence electrons. The minimum Gasteiger partial charge on any atom is -0.475 e. The van der Waals surface area contributed by atoms with E-state index in [-0.39, 0.29) is 5.76 Å². The van der Waals surface area contributed by atoms with Crippen LogP contribution in [0.1, 0.15) is 10.6 Å². The predicted molar refractivity (Wildman–Crippen MR) is 55.9 cm³/mol. The Balaban J connectivity index is 2.68. The van der Waals surface area contributed by atoms with Crippen LogP contribution in [0, 0.1) is 3.57 Å². The van der Waals surface area contributed by atoms with Crippen molar-refractivity contribution in [3.8, 4) is 0 Å². The van der Waals surface area contributed by atoms with Gasteiger partial charge in [-0.05, 0) is 46.9 Å². The van der Waals surface area contributed by atoms with Crippen molar-refractivity contribution in [2.45, 2.75) is 0 Å². The maximum absolute atomic E-state index is 10.6. The fraction of sp³-hybridized carbons (Fsp3) is 0. The van der Waals surface area contributed by atoms with Gasteiger partial charge in [0.25, 0.3) is 0 Å². The zero-order chi connectivity index (χ0) is 9.42. The van der Waals surface area contributed by atoms with Crippen LogP contribution < -0.4 is 0 Å². The summed E-state index contributed by atoms with van der Waals surface area (Å²) in [5, 5.41) is 9.48. The third kappa shape index (κ3) is 1.53. The lowest BCUT2D eigenvalue weighted by Crippen LogP contribution is -1.91. The van der Waals surface area contributed by atoms with Gasteiger partial charge in [0.2, 0.25) is 5.76 Å². The van der Waals surface area contributed by atoms with E-state index in [1.807, 2.05) is 12.1 Å². The first-order chi connectivity index (χ1) is 6.16. The first-order valence-corrected chi connectivity index (χ1v) is 4.67. The van der Waals surface area contributed by atoms with Crippen LogP contribution in [0.5, 0.6) is 0 Å². The number of rotatable bonds is 1. The van der Waals surface area contributed by atoms with Gasteiger partial charge in [0.15, 0.2) is 0 Å². The maximum atomic E-state index is 10.6. The highest BCUT2D eigenvalue weighted by atomic mass is 127. The third-order valence-corrected chi connectivity index (χ3v) is 2.36. The minimum absolute atomic E-state index is 0.0167. The van der Waals surface area contributed by atoms with Crippen molar-refractivity contribution >= 4 is 39.5 Å². The van der Waals surface area contributed by atoms with Gasteiger partial charge in [0.05, 0.1) is 0 Å². The molecule has 0 radical (unpaired) electrons. The van der Waals surface area contributed by atoms with Crippen LogP contribution in [-0.2, 0) is 0 Å². The van der Waals surface area contributed by atoms with E-state index in [2.05, 4.69) is 22.6 Å². The number of halogens is 1. The monoisotopic (exact) mass is 288 g/mol. The van der Waals surface area contributed by atoms with Gasteiger partial charge in [0.1, 0.15) is 5.58 Å². The average molecular weight is 288 g/mol. The molecule has 0 fully saturated rings. The van der Waals surface area contributed by atoms with Gasteiger partial charge in [-0.15, -0.1) is 0 Å². The van der Waals surface area contributed by atoms with Crippen LogP contribution in [0.25, 0.3) is 11.0 Å². The summed E-state index contributed by atoms with van der Waals surface area (Å²) in [4.78, 5) is 10.6. The molecule has 13 heavy (non-hydrogen) atoms. The van der Waals surface area contributed by atoms with Crippen LogP contribution >= 0.6 is 22.6 Å². The molecule has 0 amide bonds. The zero-order valence-electron chi connectivity index (χ0n) is 6.45. The molecule has 1 N–H and O–H groups in total. The summed E-state index contributed by atoms with van der Waals surface area (Å²) in [6.45, 7) is 0. The Morgan fingerprint density at radius 3 is 2.85 bits per heavy atom. The molecule has 1 aromatic heterocycles. The molecule has 2 aromatic rings. The first-order valence-electron chi connectivity index (χ1n) is 3.59. The average Bonchev–Trinajstić information content (AvgIpc) is 2.46. The van der Waals surface area contributed by atoms with Gasteiger partial charge >= 0.3 is 5.97 Å². The molecule has 0 saturated carbocycles. The minimum atomic E-state index is -1.04. The molecule has 0 atom stereocenters. The van der Waals surface area contributed by atoms with Crippen molar-refractivity contribution in [2.75, 3.05) is 0 Å². The van der Waals surface area contributed by atoms with Gasteiger partial charge in [-0.1, -0.05) is 0 Å². The molecule has 0 unspecified atom stereocenters. The Labute approximate surface area is 87.5 Å². The van der Waals surface area contributed by atoms with E-state index in [0.29, 0.717) is 5.58 Å². The normalized spacial score (nSPS) is 10.5. The highest BCUT2D eigenvalue weighted by molar-refractivity contribution is 14.1. The van der Waals surface area contributed by atoms with Gasteiger partial charge in [-0.25, -0.2) is 4.79 Å². The van der Waals surface area contributed by atoms with Crippen molar-refractivity contribution in [1.29, 1.82) is 0 Å². The number of carboxylic acid groups (broad SMARTS) is 1. The first kappa shape index (κ1) is 8.55. The van der Waals surface area contributed by atoms with E-state index in [0.717, 1.165) is 8.96 Å². The standard InChI is InChI=1S/C9H5IO3/c10-6-1-2-7-5(3-6)4-8(13-7)9(11)12/h1-4H,(H,11,12). The van der Waals surface area contributed by atoms with Crippen molar-refractivity contribution in [3.05, 3.63) is 33.6 Å². The quantitative estimate of drug-likeness (QED) is 0.821. The summed E-state index contributed by atoms with van der Waals surface area (Å²) in [6.07, 6.45) is 0. The van der Waals surface area contributed by atoms with Crippen molar-refractivity contribution in [3.63, 3.8) is 0 Å². The Morgan fingerprint density at radius 2 is 2.15 bits per heavy atom. The number of hydrogen-bond acceptors (Lipinski definition) is 2. The van der Waals surface area contributed by atoms with Crippen LogP contribution in [0.15, 0.2) is 28.7 Å². The molecule has 2 rings (SSSR count). The molecule has 1 aromatic carbocycles. The van der Waals surface area contributed by atoms with Gasteiger partial charge in [0, 0.05) is 8.96 Å². The number of aromatic carboxylic acids is 1. The molecular formula is C9H5IO3. The van der Waals surface area contributed by atoms with Crippen LogP contribution in [0.3, 0.4) is 0 Å². The van der Waals surface area contributed by atoms with E-state index < -0.39 is 5.97 Å². The number of hydrogen-bond donors (Lipinski definition) is 1. The topological polar surface area (TPSA) is 50.4 Å². The highest BCUT2D eigenvalue weighted by Gasteiger charge is 2.09. The lowest BCUT2D eigenvalue weighted by Gasteiger charge is -1.87. The zero-order valence-corrected chi connectivity index (χ0v) is 8.61. The summed E-state index contributed by atoms with van der Waals surface area (Å²) in [7, 11) is 0. The predicted octanol–water partition coefficient (Wildman–Crippen LogP) is 2.74. The molecule has 0 aliphatic heterocycles. The fourth-order valence-corrected chi connectivity index (χ4v) is 1.63. The fourth-order valence-electron chi connectivity index (χ4n) is 1.12. The number of carboxylic acids is 1. The second-order valence-electron chi connectivity index (χ2n) is 2.60. The lowest BCUT2D eigenvalue weighted by molar-refractivity contribution is 0.0665. The van der Waals surface area contributed by atoms with E-state index in [1.54, 1.807) is 6.07 Å². The summed E-state index contributed by atoms with van der Waals surface area (Å²) in [5.41, 5.74) is 0.609. The van der Waals surface area contributed by atoms with E-state index in [1.165, 1.54) is 6.07 Å². The molecule has 0 aliphatic carbocycles. The van der Waals surface area contributed by atoms with Crippen LogP contribution in [0.4, 0.5) is 0 Å². The molecule has 1 heterocycles. The van der Waals surface area contributed by atoms with Crippen LogP contribution in [0.2, 0.25) is 0 Å². The second-order valence-corrected chi connectivity index (χ2v) is 3.84. The van der Waals surface area contributed by atoms with Crippen molar-refractivity contribution in [2.24, 2.45) is 0 Å². The number of carbonyl (C=O) groups is 1. The molecule has 0 saturated heterocycles. The Kier molecular flexibility index (Phi) is 1.99. The Morgan fingerprint density at radius 1 is 1.38 bits per heavy atom. The van der Waals surface area contributed by atoms with Gasteiger partial charge in [-0.2, -0.15) is 0 Å².